The summed E-state index contributed by atoms with van der Waals surface area (Å²) in [6, 6.07) is 0. The topological polar surface area (TPSA) is 54.0 Å². The first kappa shape index (κ1) is 15.1. The van der Waals surface area contributed by atoms with Crippen LogP contribution in [-0.4, -0.2) is 31.9 Å². The molecule has 0 heterocycles. The molecule has 16 heavy (non-hydrogen) atoms. The van der Waals surface area contributed by atoms with Crippen LogP contribution >= 0.6 is 0 Å². The van der Waals surface area contributed by atoms with E-state index >= 15 is 0 Å². The van der Waals surface area contributed by atoms with E-state index in [1.54, 1.807) is 20.8 Å². The predicted molar refractivity (Wildman–Crippen MR) is 58.5 cm³/mol. The van der Waals surface area contributed by atoms with E-state index in [-0.39, 0.29) is 5.57 Å². The average Bonchev–Trinajstić information content (AvgIpc) is 2.18. The maximum absolute atomic E-state index is 11.4. The van der Waals surface area contributed by atoms with E-state index in [1.807, 2.05) is 0 Å². The molecule has 0 unspecified atom stereocenters. The van der Waals surface area contributed by atoms with Crippen molar-refractivity contribution < 1.29 is 23.7 Å². The lowest BCUT2D eigenvalue weighted by atomic mass is 10.4. The number of ether oxygens (including phenoxy) is 4. The second-order valence-electron chi connectivity index (χ2n) is 2.97. The summed E-state index contributed by atoms with van der Waals surface area (Å²) in [5, 5.41) is 0. The van der Waals surface area contributed by atoms with Crippen LogP contribution in [0.3, 0.4) is 0 Å². The van der Waals surface area contributed by atoms with Crippen molar-refractivity contribution in [2.24, 2.45) is 0 Å². The van der Waals surface area contributed by atoms with Crippen molar-refractivity contribution in [3.8, 4) is 0 Å². The number of hydrogen-bond donors (Lipinski definition) is 0. The van der Waals surface area contributed by atoms with Gasteiger partial charge in [-0.2, -0.15) is 0 Å². The number of rotatable bonds is 8. The van der Waals surface area contributed by atoms with Crippen molar-refractivity contribution in [1.29, 1.82) is 0 Å². The van der Waals surface area contributed by atoms with Crippen molar-refractivity contribution in [3.05, 3.63) is 12.2 Å². The number of esters is 1. The molecule has 0 spiro atoms. The van der Waals surface area contributed by atoms with Gasteiger partial charge in [0, 0.05) is 5.57 Å². The predicted octanol–water partition coefficient (Wildman–Crippen LogP) is 1.83. The standard InChI is InChI=1S/C11H20O5/c1-6-13-11(14-7-2,15-8-3)16-10(12)9(4)5/h4,6-8H2,1-3,5H3. The number of carbonyl (C=O) groups is 1. The summed E-state index contributed by atoms with van der Waals surface area (Å²) in [5.41, 5.74) is 0.253. The van der Waals surface area contributed by atoms with Crippen molar-refractivity contribution in [2.75, 3.05) is 19.8 Å². The average molecular weight is 232 g/mol. The van der Waals surface area contributed by atoms with Gasteiger partial charge in [0.2, 0.25) is 0 Å². The van der Waals surface area contributed by atoms with Gasteiger partial charge in [0.05, 0.1) is 19.8 Å². The molecule has 0 aliphatic heterocycles. The minimum Gasteiger partial charge on any atom is -0.380 e. The van der Waals surface area contributed by atoms with Crippen molar-refractivity contribution >= 4 is 5.97 Å². The maximum Gasteiger partial charge on any atom is 0.463 e. The Morgan fingerprint density at radius 3 is 1.69 bits per heavy atom. The molecule has 0 saturated heterocycles. The van der Waals surface area contributed by atoms with Gasteiger partial charge in [-0.1, -0.05) is 6.58 Å². The van der Waals surface area contributed by atoms with E-state index < -0.39 is 12.1 Å². The quantitative estimate of drug-likeness (QED) is 0.363. The van der Waals surface area contributed by atoms with E-state index in [1.165, 1.54) is 6.92 Å². The highest BCUT2D eigenvalue weighted by Gasteiger charge is 2.38. The minimum absolute atomic E-state index is 0.253. The molecule has 0 radical (unpaired) electrons. The molecule has 0 N–H and O–H groups in total. The third kappa shape index (κ3) is 4.74. The summed E-state index contributed by atoms with van der Waals surface area (Å²) in [7, 11) is 0. The van der Waals surface area contributed by atoms with Crippen LogP contribution in [0.2, 0.25) is 0 Å². The van der Waals surface area contributed by atoms with Crippen LogP contribution in [0.1, 0.15) is 27.7 Å². The van der Waals surface area contributed by atoms with Gasteiger partial charge in [0.1, 0.15) is 0 Å². The molecule has 0 amide bonds. The fourth-order valence-corrected chi connectivity index (χ4v) is 0.944. The Hall–Kier alpha value is -0.910. The van der Waals surface area contributed by atoms with Gasteiger partial charge in [0.25, 0.3) is 0 Å². The lowest BCUT2D eigenvalue weighted by Crippen LogP contribution is -2.44. The van der Waals surface area contributed by atoms with Crippen molar-refractivity contribution in [2.45, 2.75) is 33.9 Å². The summed E-state index contributed by atoms with van der Waals surface area (Å²) >= 11 is 0. The van der Waals surface area contributed by atoms with Gasteiger partial charge < -0.3 is 4.74 Å². The molecule has 0 bridgehead atoms. The molecule has 0 atom stereocenters. The van der Waals surface area contributed by atoms with Crippen LogP contribution in [-0.2, 0) is 23.7 Å². The summed E-state index contributed by atoms with van der Waals surface area (Å²) in [6.07, 6.45) is -1.76. The molecule has 0 rings (SSSR count). The second kappa shape index (κ2) is 7.38. The third-order valence-corrected chi connectivity index (χ3v) is 1.53. The van der Waals surface area contributed by atoms with Gasteiger partial charge in [-0.3, -0.25) is 14.2 Å². The Morgan fingerprint density at radius 2 is 1.44 bits per heavy atom. The summed E-state index contributed by atoms with van der Waals surface area (Å²) < 4.78 is 20.6. The second-order valence-corrected chi connectivity index (χ2v) is 2.97. The van der Waals surface area contributed by atoms with Crippen LogP contribution in [0.4, 0.5) is 0 Å². The molecule has 94 valence electrons. The zero-order valence-corrected chi connectivity index (χ0v) is 10.4. The largest absolute Gasteiger partial charge is 0.463 e. The normalized spacial score (nSPS) is 11.2. The Kier molecular flexibility index (Phi) is 6.96. The van der Waals surface area contributed by atoms with Gasteiger partial charge >= 0.3 is 12.1 Å². The molecule has 0 aromatic rings. The van der Waals surface area contributed by atoms with E-state index in [2.05, 4.69) is 6.58 Å². The van der Waals surface area contributed by atoms with Crippen LogP contribution in [0.5, 0.6) is 0 Å². The summed E-state index contributed by atoms with van der Waals surface area (Å²) in [4.78, 5) is 11.4. The molecule has 0 fully saturated rings. The van der Waals surface area contributed by atoms with Gasteiger partial charge in [-0.25, -0.2) is 4.79 Å². The molecule has 5 nitrogen and oxygen atoms in total. The van der Waals surface area contributed by atoms with E-state index in [0.29, 0.717) is 19.8 Å². The van der Waals surface area contributed by atoms with E-state index in [4.69, 9.17) is 18.9 Å². The van der Waals surface area contributed by atoms with Crippen LogP contribution in [0, 0.1) is 0 Å². The molecule has 0 aromatic carbocycles. The smallest absolute Gasteiger partial charge is 0.380 e. The van der Waals surface area contributed by atoms with Crippen LogP contribution in [0.25, 0.3) is 0 Å². The first-order valence-electron chi connectivity index (χ1n) is 5.32. The van der Waals surface area contributed by atoms with Crippen LogP contribution in [0.15, 0.2) is 12.2 Å². The zero-order chi connectivity index (χ0) is 12.6. The molecular weight excluding hydrogens is 212 g/mol. The SMILES string of the molecule is C=C(C)C(=O)OC(OCC)(OCC)OCC. The van der Waals surface area contributed by atoms with Crippen molar-refractivity contribution in [3.63, 3.8) is 0 Å². The number of hydrogen-bond acceptors (Lipinski definition) is 5. The highest BCUT2D eigenvalue weighted by atomic mass is 17.0. The molecule has 0 saturated carbocycles. The lowest BCUT2D eigenvalue weighted by Gasteiger charge is -2.30. The molecular formula is C11H20O5. The highest BCUT2D eigenvalue weighted by molar-refractivity contribution is 5.87. The Morgan fingerprint density at radius 1 is 1.06 bits per heavy atom. The molecule has 0 aromatic heterocycles. The number of carbonyl (C=O) groups excluding carboxylic acids is 1. The third-order valence-electron chi connectivity index (χ3n) is 1.53. The fourth-order valence-electron chi connectivity index (χ4n) is 0.944. The van der Waals surface area contributed by atoms with E-state index in [9.17, 15) is 4.79 Å². The van der Waals surface area contributed by atoms with E-state index in [0.717, 1.165) is 0 Å². The highest BCUT2D eigenvalue weighted by Crippen LogP contribution is 2.19. The molecule has 5 heteroatoms. The Balaban J connectivity index is 4.71. The van der Waals surface area contributed by atoms with Gasteiger partial charge in [-0.15, -0.1) is 0 Å². The van der Waals surface area contributed by atoms with Gasteiger partial charge in [-0.05, 0) is 27.7 Å². The summed E-state index contributed by atoms with van der Waals surface area (Å²) in [5.74, 6) is -0.615. The zero-order valence-electron chi connectivity index (χ0n) is 10.4. The fraction of sp³-hybridized carbons (Fsp3) is 0.727. The van der Waals surface area contributed by atoms with Crippen LogP contribution < -0.4 is 0 Å². The molecule has 0 aliphatic carbocycles. The molecule has 0 aliphatic rings. The lowest BCUT2D eigenvalue weighted by molar-refractivity contribution is -0.479. The first-order chi connectivity index (χ1) is 7.51. The Bertz CT molecular complexity index is 220. The van der Waals surface area contributed by atoms with Gasteiger partial charge in [0.15, 0.2) is 0 Å². The first-order valence-corrected chi connectivity index (χ1v) is 5.32. The summed E-state index contributed by atoms with van der Waals surface area (Å²) in [6.45, 7) is 11.2. The minimum atomic E-state index is -1.76. The maximum atomic E-state index is 11.4. The Labute approximate surface area is 96.3 Å². The monoisotopic (exact) mass is 232 g/mol. The van der Waals surface area contributed by atoms with Crippen molar-refractivity contribution in [1.82, 2.24) is 0 Å².